The van der Waals surface area contributed by atoms with E-state index in [9.17, 15) is 251 Å². The van der Waals surface area contributed by atoms with Gasteiger partial charge in [0, 0.05) is 6.42 Å². The number of ether oxygens (including phenoxy) is 10. The van der Waals surface area contributed by atoms with Crippen LogP contribution in [0.25, 0.3) is 0 Å². The predicted molar refractivity (Wildman–Crippen MR) is 204 cm³/mol. The average Bonchev–Trinajstić information content (AvgIpc) is 0.734. The summed E-state index contributed by atoms with van der Waals surface area (Å²) in [5.41, 5.74) is -13.8. The summed E-state index contributed by atoms with van der Waals surface area (Å²) in [6.45, 7) is -13.0. The van der Waals surface area contributed by atoms with Gasteiger partial charge >= 0.3 is 163 Å². The Morgan fingerprint density at radius 3 is 0.617 bits per heavy atom. The molecule has 0 spiro atoms. The summed E-state index contributed by atoms with van der Waals surface area (Å²) < 4.78 is 768. The molecule has 10 unspecified atom stereocenters. The highest BCUT2D eigenvalue weighted by Gasteiger charge is 2.92. The van der Waals surface area contributed by atoms with Gasteiger partial charge in [0.2, 0.25) is 0 Å². The third-order valence-electron chi connectivity index (χ3n) is 11.1. The number of hydrogen-bond donors (Lipinski definition) is 2. The standard InChI is InChI=1S/C18H10F28O6.C16H6F28O5.C4H6O2/c1-5(19,10(24,25)26)15(39,40)50-8(22,13(33,34)35)17(43,44)52-9(23,14(36,37)38)18(45,46)51-7(21,12(30,31)32)16(41,42)49-6(20,11(27,28)29)4-48-3-2-47;1-3(17,8(22,23)24)13(37,38)47-6(20,11(31,32)33)15(41,42)49-7(21,12(34,35)36)16(43,44)48-5(19,10(28,29)30)14(39,40)46-4(18,2-45)9(25,26)27;5-4-2-1-3-6-4/h47H,2-4H2,1H3;45H,2H2,1H3;1-3H2. The Morgan fingerprint density at radius 2 is 0.477 bits per heavy atom. The van der Waals surface area contributed by atoms with Crippen LogP contribution in [-0.4, -0.2) is 218 Å². The number of aliphatic hydroxyl groups excluding tert-OH is 2. The molecule has 1 rings (SSSR count). The minimum absolute atomic E-state index is 0.0463. The number of halogens is 56. The van der Waals surface area contributed by atoms with Crippen LogP contribution in [0.1, 0.15) is 26.7 Å². The lowest BCUT2D eigenvalue weighted by atomic mass is 10.1. The average molecular weight is 1750 g/mol. The molecule has 2 N–H and O–H groups in total. The van der Waals surface area contributed by atoms with Crippen LogP contribution in [0.3, 0.4) is 0 Å². The Labute approximate surface area is 543 Å². The first-order chi connectivity index (χ1) is 45.7. The van der Waals surface area contributed by atoms with E-state index < -0.39 is 209 Å². The highest BCUT2D eigenvalue weighted by atomic mass is 19.5. The van der Waals surface area contributed by atoms with Crippen LogP contribution in [0, 0.1) is 0 Å². The molecule has 0 aromatic heterocycles. The highest BCUT2D eigenvalue weighted by molar-refractivity contribution is 5.70. The zero-order valence-corrected chi connectivity index (χ0v) is 48.0. The van der Waals surface area contributed by atoms with E-state index in [1.165, 1.54) is 14.2 Å². The lowest BCUT2D eigenvalue weighted by molar-refractivity contribution is -0.591. The number of esters is 1. The molecule has 0 aliphatic carbocycles. The molecule has 644 valence electrons. The van der Waals surface area contributed by atoms with Crippen molar-refractivity contribution in [2.45, 2.75) is 195 Å². The maximum absolute atomic E-state index is 14.5. The van der Waals surface area contributed by atoms with Crippen LogP contribution in [0.4, 0.5) is 246 Å². The van der Waals surface area contributed by atoms with Gasteiger partial charge in [-0.15, -0.1) is 0 Å². The van der Waals surface area contributed by atoms with E-state index in [-0.39, 0.29) is 5.97 Å². The number of carbonyl (C=O) groups excluding carboxylic acids is 1. The van der Waals surface area contributed by atoms with Crippen LogP contribution in [0.2, 0.25) is 0 Å². The zero-order valence-electron chi connectivity index (χ0n) is 48.0. The summed E-state index contributed by atoms with van der Waals surface area (Å²) in [6.07, 6.45) is -148. The van der Waals surface area contributed by atoms with Gasteiger partial charge < -0.3 is 19.7 Å². The van der Waals surface area contributed by atoms with Crippen LogP contribution in [0.15, 0.2) is 0 Å². The van der Waals surface area contributed by atoms with Crippen molar-refractivity contribution in [1.29, 1.82) is 0 Å². The minimum Gasteiger partial charge on any atom is -0.466 e. The number of alkyl halides is 56. The Hall–Kier alpha value is -4.89. The minimum atomic E-state index is -9.10. The molecule has 1 heterocycles. The number of rotatable bonds is 29. The predicted octanol–water partition coefficient (Wildman–Crippen LogP) is 17.6. The van der Waals surface area contributed by atoms with Gasteiger partial charge in [0.1, 0.15) is 13.2 Å². The van der Waals surface area contributed by atoms with E-state index >= 15 is 0 Å². The summed E-state index contributed by atoms with van der Waals surface area (Å²) in [5, 5.41) is 16.4. The maximum Gasteiger partial charge on any atom is 0.458 e. The van der Waals surface area contributed by atoms with Gasteiger partial charge in [-0.1, -0.05) is 0 Å². The molecule has 0 saturated carbocycles. The van der Waals surface area contributed by atoms with Crippen molar-refractivity contribution in [2.24, 2.45) is 0 Å². The largest absolute Gasteiger partial charge is 0.466 e. The summed E-state index contributed by atoms with van der Waals surface area (Å²) in [6, 6.07) is 0. The number of carbonyl (C=O) groups is 1. The van der Waals surface area contributed by atoms with Crippen LogP contribution >= 0.6 is 0 Å². The molecule has 107 heavy (non-hydrogen) atoms. The molecule has 1 aliphatic heterocycles. The number of hydrogen-bond acceptors (Lipinski definition) is 13. The summed E-state index contributed by atoms with van der Waals surface area (Å²) in [4.78, 5) is 10.0. The third-order valence-corrected chi connectivity index (χ3v) is 11.1. The Morgan fingerprint density at radius 1 is 0.280 bits per heavy atom. The van der Waals surface area contributed by atoms with Gasteiger partial charge in [-0.05, 0) is 20.3 Å². The van der Waals surface area contributed by atoms with Gasteiger partial charge in [0.25, 0.3) is 11.3 Å². The Kier molecular flexibility index (Phi) is 29.4. The molecule has 0 amide bonds. The summed E-state index contributed by atoms with van der Waals surface area (Å²) in [5.74, 6) is -66.8. The van der Waals surface area contributed by atoms with Gasteiger partial charge in [-0.2, -0.15) is 237 Å². The molecule has 13 nitrogen and oxygen atoms in total. The second-order valence-electron chi connectivity index (χ2n) is 19.2. The monoisotopic (exact) mass is 1750 g/mol. The SMILES string of the molecule is CC(F)(C(F)(F)F)C(F)(F)OC(F)(C(F)(F)F)C(F)(F)OC(F)(C(F)(F)F)C(F)(F)OC(F)(C(F)(F)F)C(F)(F)OC(F)(CO)C(F)(F)F.CC(F)(C(F)(F)F)C(F)(F)OC(F)(C(F)(F)F)C(F)(F)OC(F)(C(F)(F)F)C(F)(F)OC(F)(C(F)(F)F)C(F)(F)OC(F)(COCCO)C(F)(F)F.O=C1CCCO1. The molecule has 0 aromatic rings. The van der Waals surface area contributed by atoms with Crippen molar-refractivity contribution >= 4 is 5.97 Å². The molecular formula is C38H22F56O13. The van der Waals surface area contributed by atoms with E-state index in [1.807, 2.05) is 0 Å². The molecule has 0 aromatic carbocycles. The lowest BCUT2D eigenvalue weighted by Crippen LogP contribution is -2.72. The normalized spacial score (nSPS) is 21.4. The first-order valence-corrected chi connectivity index (χ1v) is 23.8. The Bertz CT molecular complexity index is 2900. The van der Waals surface area contributed by atoms with E-state index in [2.05, 4.69) is 9.47 Å². The summed E-state index contributed by atoms with van der Waals surface area (Å²) in [7, 11) is 0. The van der Waals surface area contributed by atoms with Crippen molar-refractivity contribution in [3.8, 4) is 0 Å². The zero-order chi connectivity index (χ0) is 87.6. The number of cyclic esters (lactones) is 1. The van der Waals surface area contributed by atoms with Crippen molar-refractivity contribution in [3.63, 3.8) is 0 Å². The molecule has 0 radical (unpaired) electrons. The second kappa shape index (κ2) is 30.2. The quantitative estimate of drug-likeness (QED) is 0.0416. The second-order valence-corrected chi connectivity index (χ2v) is 19.2. The number of aliphatic hydroxyl groups is 2. The van der Waals surface area contributed by atoms with Gasteiger partial charge in [-0.25, -0.2) is 8.78 Å². The van der Waals surface area contributed by atoms with Gasteiger partial charge in [0.05, 0.1) is 19.8 Å². The highest BCUT2D eigenvalue weighted by Crippen LogP contribution is 2.64. The fourth-order valence-electron chi connectivity index (χ4n) is 5.17. The smallest absolute Gasteiger partial charge is 0.458 e. The molecule has 10 atom stereocenters. The Balaban J connectivity index is 0. The molecule has 0 bridgehead atoms. The molecule has 69 heteroatoms. The van der Waals surface area contributed by atoms with Gasteiger partial charge in [-0.3, -0.25) is 42.7 Å². The van der Waals surface area contributed by atoms with Crippen molar-refractivity contribution in [1.82, 2.24) is 0 Å². The van der Waals surface area contributed by atoms with Crippen LogP contribution in [0.5, 0.6) is 0 Å². The molecular weight excluding hydrogens is 1730 g/mol. The third kappa shape index (κ3) is 20.3. The summed E-state index contributed by atoms with van der Waals surface area (Å²) >= 11 is 0. The van der Waals surface area contributed by atoms with E-state index in [0.717, 1.165) is 25.4 Å². The molecule has 1 fully saturated rings. The topological polar surface area (TPSA) is 150 Å². The van der Waals surface area contributed by atoms with Crippen LogP contribution in [-0.2, 0) is 52.2 Å². The first kappa shape index (κ1) is 104. The van der Waals surface area contributed by atoms with Gasteiger partial charge in [0.15, 0.2) is 0 Å². The van der Waals surface area contributed by atoms with Crippen molar-refractivity contribution in [2.75, 3.05) is 33.0 Å². The molecule has 1 saturated heterocycles. The fraction of sp³-hybridized carbons (Fsp3) is 0.974. The van der Waals surface area contributed by atoms with E-state index in [0.29, 0.717) is 13.0 Å². The van der Waals surface area contributed by atoms with Crippen molar-refractivity contribution in [3.05, 3.63) is 0 Å². The molecule has 1 aliphatic rings. The van der Waals surface area contributed by atoms with Crippen LogP contribution < -0.4 is 0 Å². The fourth-order valence-corrected chi connectivity index (χ4v) is 5.17. The maximum atomic E-state index is 14.5. The lowest BCUT2D eigenvalue weighted by Gasteiger charge is -2.44. The first-order valence-electron chi connectivity index (χ1n) is 23.8. The van der Waals surface area contributed by atoms with E-state index in [1.54, 1.807) is 4.74 Å². The van der Waals surface area contributed by atoms with Crippen molar-refractivity contribution < 1.29 is 308 Å². The van der Waals surface area contributed by atoms with E-state index in [4.69, 9.17) is 10.2 Å².